The average molecular weight is 353 g/mol. The zero-order valence-electron chi connectivity index (χ0n) is 15.7. The molecule has 128 valence electrons. The van der Waals surface area contributed by atoms with Gasteiger partial charge in [0.1, 0.15) is 0 Å². The fraction of sp³-hybridized carbons (Fsp3) is 0.200. The first-order chi connectivity index (χ1) is 12.6. The van der Waals surface area contributed by atoms with Crippen LogP contribution in [0.25, 0.3) is 17.2 Å². The summed E-state index contributed by atoms with van der Waals surface area (Å²) in [7, 11) is -1.72. The van der Waals surface area contributed by atoms with Crippen LogP contribution in [0.2, 0.25) is 13.1 Å². The zero-order valence-corrected chi connectivity index (χ0v) is 16.7. The maximum absolute atomic E-state index is 2.60. The van der Waals surface area contributed by atoms with Crippen molar-refractivity contribution in [2.45, 2.75) is 31.1 Å². The van der Waals surface area contributed by atoms with Crippen LogP contribution in [0.4, 0.5) is 0 Å². The Morgan fingerprint density at radius 1 is 0.615 bits per heavy atom. The van der Waals surface area contributed by atoms with Gasteiger partial charge in [0, 0.05) is 11.1 Å². The first-order valence-electron chi connectivity index (χ1n) is 9.54. The van der Waals surface area contributed by atoms with Crippen molar-refractivity contribution in [3.63, 3.8) is 0 Å². The summed E-state index contributed by atoms with van der Waals surface area (Å²) in [5.74, 6) is 0. The quantitative estimate of drug-likeness (QED) is 0.446. The van der Waals surface area contributed by atoms with E-state index in [1.807, 2.05) is 0 Å². The molecule has 1 unspecified atom stereocenters. The number of rotatable bonds is 2. The molecule has 3 aromatic carbocycles. The smallest absolute Gasteiger partial charge is 0.0679 e. The van der Waals surface area contributed by atoms with Gasteiger partial charge in [0.15, 0.2) is 0 Å². The third-order valence-corrected chi connectivity index (χ3v) is 10.8. The molecule has 5 rings (SSSR count). The minimum atomic E-state index is -1.72. The Labute approximate surface area is 157 Å². The van der Waals surface area contributed by atoms with Gasteiger partial charge in [0.2, 0.25) is 0 Å². The van der Waals surface area contributed by atoms with Crippen molar-refractivity contribution in [1.29, 1.82) is 0 Å². The van der Waals surface area contributed by atoms with E-state index in [0.717, 1.165) is 0 Å². The second-order valence-corrected chi connectivity index (χ2v) is 13.2. The highest BCUT2D eigenvalue weighted by molar-refractivity contribution is 6.81. The summed E-state index contributed by atoms with van der Waals surface area (Å²) >= 11 is 0. The van der Waals surface area contributed by atoms with Gasteiger partial charge in [-0.1, -0.05) is 97.5 Å². The van der Waals surface area contributed by atoms with E-state index in [0.29, 0.717) is 11.1 Å². The summed E-state index contributed by atoms with van der Waals surface area (Å²) in [5.41, 5.74) is 11.6. The van der Waals surface area contributed by atoms with E-state index in [1.165, 1.54) is 16.7 Å². The molecule has 0 aliphatic heterocycles. The molecule has 0 heterocycles. The summed E-state index contributed by atoms with van der Waals surface area (Å²) < 4.78 is 0. The molecular formula is C25H24Si. The number of allylic oxidation sites excluding steroid dienone is 1. The zero-order chi connectivity index (χ0) is 17.9. The van der Waals surface area contributed by atoms with Crippen LogP contribution in [0.15, 0.2) is 78.4 Å². The van der Waals surface area contributed by atoms with E-state index in [9.17, 15) is 0 Å². The van der Waals surface area contributed by atoms with Crippen molar-refractivity contribution >= 4 is 14.1 Å². The lowest BCUT2D eigenvalue weighted by Crippen LogP contribution is -2.42. The van der Waals surface area contributed by atoms with Crippen molar-refractivity contribution in [3.8, 4) is 11.1 Å². The van der Waals surface area contributed by atoms with E-state index in [1.54, 1.807) is 22.3 Å². The molecule has 0 N–H and O–H groups in total. The molecular weight excluding hydrogens is 328 g/mol. The summed E-state index contributed by atoms with van der Waals surface area (Å²) in [5, 5.41) is 0. The Bertz CT molecular complexity index is 996. The number of benzene rings is 3. The van der Waals surface area contributed by atoms with Crippen LogP contribution in [0.3, 0.4) is 0 Å². The van der Waals surface area contributed by atoms with Crippen LogP contribution in [-0.4, -0.2) is 8.07 Å². The maximum atomic E-state index is 2.60. The first-order valence-corrected chi connectivity index (χ1v) is 12.7. The van der Waals surface area contributed by atoms with Gasteiger partial charge in [-0.3, -0.25) is 0 Å². The molecule has 3 aromatic rings. The van der Waals surface area contributed by atoms with Crippen LogP contribution >= 0.6 is 0 Å². The lowest BCUT2D eigenvalue weighted by Gasteiger charge is -2.38. The molecule has 0 radical (unpaired) electrons. The van der Waals surface area contributed by atoms with Gasteiger partial charge in [0.25, 0.3) is 0 Å². The number of hydrogen-bond acceptors (Lipinski definition) is 0. The molecule has 0 spiro atoms. The van der Waals surface area contributed by atoms with Crippen molar-refractivity contribution < 1.29 is 0 Å². The molecule has 1 heteroatoms. The fourth-order valence-corrected chi connectivity index (χ4v) is 10.4. The number of fused-ring (bicyclic) bond motifs is 4. The highest BCUT2D eigenvalue weighted by Gasteiger charge is 2.47. The van der Waals surface area contributed by atoms with Crippen LogP contribution in [-0.2, 0) is 0 Å². The third-order valence-electron chi connectivity index (χ3n) is 6.47. The fourth-order valence-electron chi connectivity index (χ4n) is 5.59. The Morgan fingerprint density at radius 2 is 1.12 bits per heavy atom. The minimum absolute atomic E-state index is 0.550. The summed E-state index contributed by atoms with van der Waals surface area (Å²) in [6.45, 7) is 7.54. The molecule has 2 aliphatic rings. The van der Waals surface area contributed by atoms with Gasteiger partial charge in [-0.2, -0.15) is 0 Å². The van der Waals surface area contributed by atoms with Gasteiger partial charge in [0.05, 0.1) is 8.07 Å². The highest BCUT2D eigenvalue weighted by Crippen LogP contribution is 2.54. The topological polar surface area (TPSA) is 0 Å². The molecule has 0 saturated heterocycles. The third kappa shape index (κ3) is 2.07. The lowest BCUT2D eigenvalue weighted by atomic mass is 10.1. The molecule has 26 heavy (non-hydrogen) atoms. The lowest BCUT2D eigenvalue weighted by molar-refractivity contribution is 0.986. The Balaban J connectivity index is 1.72. The summed E-state index contributed by atoms with van der Waals surface area (Å²) in [6.07, 6.45) is 2.42. The molecule has 0 aromatic heterocycles. The van der Waals surface area contributed by atoms with Crippen LogP contribution < -0.4 is 0 Å². The van der Waals surface area contributed by atoms with Gasteiger partial charge in [-0.15, -0.1) is 0 Å². The highest BCUT2D eigenvalue weighted by atomic mass is 28.3. The first kappa shape index (κ1) is 15.8. The molecule has 0 bridgehead atoms. The van der Waals surface area contributed by atoms with E-state index in [4.69, 9.17) is 0 Å². The number of hydrogen-bond donors (Lipinski definition) is 0. The average Bonchev–Trinajstić information content (AvgIpc) is 3.16. The Hall–Kier alpha value is -2.38. The van der Waals surface area contributed by atoms with Gasteiger partial charge in [-0.25, -0.2) is 0 Å². The normalized spacial score (nSPS) is 18.3. The summed E-state index contributed by atoms with van der Waals surface area (Å²) in [6, 6.07) is 27.2. The van der Waals surface area contributed by atoms with Gasteiger partial charge < -0.3 is 0 Å². The minimum Gasteiger partial charge on any atom is -0.0679 e. The van der Waals surface area contributed by atoms with Crippen LogP contribution in [0, 0.1) is 0 Å². The second-order valence-electron chi connectivity index (χ2n) is 8.38. The Kier molecular flexibility index (Phi) is 3.38. The molecule has 0 amide bonds. The molecule has 2 aliphatic carbocycles. The van der Waals surface area contributed by atoms with Crippen molar-refractivity contribution in [2.75, 3.05) is 0 Å². The molecule has 0 nitrogen and oxygen atoms in total. The Morgan fingerprint density at radius 3 is 1.73 bits per heavy atom. The van der Waals surface area contributed by atoms with Crippen molar-refractivity contribution in [2.24, 2.45) is 0 Å². The largest absolute Gasteiger partial charge is 0.0726 e. The molecule has 0 saturated carbocycles. The molecule has 0 fully saturated rings. The summed E-state index contributed by atoms with van der Waals surface area (Å²) in [4.78, 5) is 0. The predicted molar refractivity (Wildman–Crippen MR) is 114 cm³/mol. The second kappa shape index (κ2) is 5.56. The van der Waals surface area contributed by atoms with E-state index < -0.39 is 8.07 Å². The SMILES string of the molecule is CC1=Cc2ccccc2C1[Si](C)(C)C1c2ccccc2-c2ccccc21. The standard InChI is InChI=1S/C25H24Si/c1-17-16-18-10-4-5-11-19(18)24(17)26(2,3)25-22-14-8-6-12-20(22)21-13-7-9-15-23(21)25/h4-16,24-25H,1-3H3. The predicted octanol–water partition coefficient (Wildman–Crippen LogP) is 6.79. The van der Waals surface area contributed by atoms with Gasteiger partial charge >= 0.3 is 0 Å². The monoisotopic (exact) mass is 352 g/mol. The molecule has 1 atom stereocenters. The van der Waals surface area contributed by atoms with Crippen molar-refractivity contribution in [3.05, 3.63) is 101 Å². The van der Waals surface area contributed by atoms with E-state index >= 15 is 0 Å². The van der Waals surface area contributed by atoms with Crippen molar-refractivity contribution in [1.82, 2.24) is 0 Å². The van der Waals surface area contributed by atoms with Gasteiger partial charge in [-0.05, 0) is 40.3 Å². The van der Waals surface area contributed by atoms with Crippen LogP contribution in [0.1, 0.15) is 40.3 Å². The van der Waals surface area contributed by atoms with E-state index in [-0.39, 0.29) is 0 Å². The maximum Gasteiger partial charge on any atom is 0.0726 e. The van der Waals surface area contributed by atoms with Crippen LogP contribution in [0.5, 0.6) is 0 Å². The van der Waals surface area contributed by atoms with E-state index in [2.05, 4.69) is 98.9 Å².